The second-order valence-electron chi connectivity index (χ2n) is 4.23. The molecule has 6 nitrogen and oxygen atoms in total. The molecule has 0 saturated heterocycles. The summed E-state index contributed by atoms with van der Waals surface area (Å²) < 4.78 is 1.35. The number of aliphatic carboxylic acids is 1. The Kier molecular flexibility index (Phi) is 3.82. The minimum Gasteiger partial charge on any atom is -0.480 e. The fourth-order valence-electron chi connectivity index (χ4n) is 1.77. The van der Waals surface area contributed by atoms with Crippen molar-refractivity contribution < 1.29 is 9.90 Å². The van der Waals surface area contributed by atoms with E-state index in [-0.39, 0.29) is 12.1 Å². The Morgan fingerprint density at radius 3 is 2.95 bits per heavy atom. The molecule has 0 aliphatic carbocycles. The van der Waals surface area contributed by atoms with Crippen LogP contribution in [-0.2, 0) is 11.3 Å². The van der Waals surface area contributed by atoms with E-state index >= 15 is 0 Å². The van der Waals surface area contributed by atoms with E-state index in [1.807, 2.05) is 0 Å². The van der Waals surface area contributed by atoms with E-state index in [1.165, 1.54) is 16.7 Å². The maximum absolute atomic E-state index is 11.9. The summed E-state index contributed by atoms with van der Waals surface area (Å²) in [6, 6.07) is 4.67. The summed E-state index contributed by atoms with van der Waals surface area (Å²) in [4.78, 5) is 28.3. The molecule has 0 aliphatic rings. The normalized spacial score (nSPS) is 11.1. The summed E-state index contributed by atoms with van der Waals surface area (Å²) in [7, 11) is 1.65. The molecule has 0 radical (unpaired) electrons. The Balaban J connectivity index is 2.33. The van der Waals surface area contributed by atoms with Crippen LogP contribution in [0.15, 0.2) is 29.2 Å². The molecule has 0 bridgehead atoms. The van der Waals surface area contributed by atoms with Crippen LogP contribution in [0.1, 0.15) is 5.69 Å². The first kappa shape index (κ1) is 13.5. The first-order valence-electron chi connectivity index (χ1n) is 5.54. The van der Waals surface area contributed by atoms with Gasteiger partial charge in [-0.05, 0) is 19.2 Å². The Morgan fingerprint density at radius 1 is 1.53 bits per heavy atom. The highest BCUT2D eigenvalue weighted by Gasteiger charge is 2.08. The number of carbonyl (C=O) groups is 1. The molecule has 0 atom stereocenters. The summed E-state index contributed by atoms with van der Waals surface area (Å²) in [6.07, 6.45) is 1.50. The van der Waals surface area contributed by atoms with E-state index < -0.39 is 5.97 Å². The SMILES string of the molecule is CN(CC(=O)O)Cc1cc(=O)n2cc(Cl)ccc2n1. The molecule has 0 saturated carbocycles. The van der Waals surface area contributed by atoms with E-state index in [1.54, 1.807) is 24.1 Å². The van der Waals surface area contributed by atoms with Crippen molar-refractivity contribution >= 4 is 23.2 Å². The number of likely N-dealkylation sites (N-methyl/N-ethyl adjacent to an activating group) is 1. The standard InChI is InChI=1S/C12H12ClN3O3/c1-15(7-12(18)19)6-9-4-11(17)16-5-8(13)2-3-10(16)14-9/h2-5H,6-7H2,1H3,(H,18,19). The molecule has 2 rings (SSSR count). The van der Waals surface area contributed by atoms with Crippen molar-refractivity contribution in [3.63, 3.8) is 0 Å². The molecule has 0 fully saturated rings. The number of rotatable bonds is 4. The molecule has 0 amide bonds. The van der Waals surface area contributed by atoms with Gasteiger partial charge in [-0.25, -0.2) is 4.98 Å². The van der Waals surface area contributed by atoms with Gasteiger partial charge in [0.25, 0.3) is 5.56 Å². The maximum Gasteiger partial charge on any atom is 0.317 e. The third-order valence-corrected chi connectivity index (χ3v) is 2.74. The van der Waals surface area contributed by atoms with Crippen molar-refractivity contribution in [2.75, 3.05) is 13.6 Å². The molecule has 2 heterocycles. The Hall–Kier alpha value is -1.92. The first-order valence-corrected chi connectivity index (χ1v) is 5.91. The van der Waals surface area contributed by atoms with Gasteiger partial charge in [-0.15, -0.1) is 0 Å². The zero-order valence-corrected chi connectivity index (χ0v) is 11.0. The lowest BCUT2D eigenvalue weighted by molar-refractivity contribution is -0.138. The number of fused-ring (bicyclic) bond motifs is 1. The monoisotopic (exact) mass is 281 g/mol. The Bertz CT molecular complexity index is 683. The van der Waals surface area contributed by atoms with Crippen molar-refractivity contribution in [2.45, 2.75) is 6.54 Å². The van der Waals surface area contributed by atoms with Gasteiger partial charge in [0.05, 0.1) is 17.3 Å². The minimum atomic E-state index is -0.924. The van der Waals surface area contributed by atoms with E-state index in [2.05, 4.69) is 4.98 Å². The van der Waals surface area contributed by atoms with Gasteiger partial charge >= 0.3 is 5.97 Å². The molecule has 7 heteroatoms. The van der Waals surface area contributed by atoms with E-state index in [0.29, 0.717) is 22.9 Å². The number of nitrogens with zero attached hydrogens (tertiary/aromatic N) is 3. The average Bonchev–Trinajstić information content (AvgIpc) is 2.29. The molecule has 2 aromatic rings. The van der Waals surface area contributed by atoms with Crippen LogP contribution >= 0.6 is 11.6 Å². The Labute approximate surface area is 113 Å². The van der Waals surface area contributed by atoms with Gasteiger partial charge in [-0.3, -0.25) is 18.9 Å². The lowest BCUT2D eigenvalue weighted by atomic mass is 10.3. The third-order valence-electron chi connectivity index (χ3n) is 2.51. The van der Waals surface area contributed by atoms with Gasteiger partial charge in [-0.2, -0.15) is 0 Å². The fourth-order valence-corrected chi connectivity index (χ4v) is 1.93. The summed E-state index contributed by atoms with van der Waals surface area (Å²) >= 11 is 5.81. The highest BCUT2D eigenvalue weighted by Crippen LogP contribution is 2.08. The van der Waals surface area contributed by atoms with Gasteiger partial charge in [0.2, 0.25) is 0 Å². The summed E-state index contributed by atoms with van der Waals surface area (Å²) in [5, 5.41) is 9.13. The molecule has 0 spiro atoms. The largest absolute Gasteiger partial charge is 0.480 e. The van der Waals surface area contributed by atoms with Crippen LogP contribution in [0.25, 0.3) is 5.65 Å². The van der Waals surface area contributed by atoms with Crippen LogP contribution < -0.4 is 5.56 Å². The number of hydrogen-bond donors (Lipinski definition) is 1. The molecular formula is C12H12ClN3O3. The van der Waals surface area contributed by atoms with Crippen molar-refractivity contribution in [1.82, 2.24) is 14.3 Å². The number of aromatic nitrogens is 2. The maximum atomic E-state index is 11.9. The second kappa shape index (κ2) is 5.38. The molecule has 0 unspecified atom stereocenters. The predicted molar refractivity (Wildman–Crippen MR) is 70.4 cm³/mol. The zero-order chi connectivity index (χ0) is 14.0. The van der Waals surface area contributed by atoms with Gasteiger partial charge in [-0.1, -0.05) is 11.6 Å². The molecule has 0 aliphatic heterocycles. The minimum absolute atomic E-state index is 0.109. The molecule has 2 aromatic heterocycles. The summed E-state index contributed by atoms with van der Waals surface area (Å²) in [5.41, 5.74) is 0.762. The van der Waals surface area contributed by atoms with E-state index in [4.69, 9.17) is 16.7 Å². The lowest BCUT2D eigenvalue weighted by Gasteiger charge is -2.13. The van der Waals surface area contributed by atoms with E-state index in [9.17, 15) is 9.59 Å². The lowest BCUT2D eigenvalue weighted by Crippen LogP contribution is -2.27. The molecule has 100 valence electrons. The molecule has 19 heavy (non-hydrogen) atoms. The van der Waals surface area contributed by atoms with Crippen LogP contribution in [-0.4, -0.2) is 39.0 Å². The van der Waals surface area contributed by atoms with Gasteiger partial charge in [0.15, 0.2) is 0 Å². The summed E-state index contributed by atoms with van der Waals surface area (Å²) in [5.74, 6) is -0.924. The van der Waals surface area contributed by atoms with Crippen molar-refractivity contribution in [3.05, 3.63) is 45.5 Å². The van der Waals surface area contributed by atoms with Gasteiger partial charge in [0, 0.05) is 18.8 Å². The third kappa shape index (κ3) is 3.30. The molecule has 0 aromatic carbocycles. The van der Waals surface area contributed by atoms with Crippen LogP contribution in [0, 0.1) is 0 Å². The number of hydrogen-bond acceptors (Lipinski definition) is 4. The molecular weight excluding hydrogens is 270 g/mol. The second-order valence-corrected chi connectivity index (χ2v) is 4.66. The van der Waals surface area contributed by atoms with Gasteiger partial charge in [0.1, 0.15) is 5.65 Å². The zero-order valence-electron chi connectivity index (χ0n) is 10.2. The van der Waals surface area contributed by atoms with Crippen LogP contribution in [0.5, 0.6) is 0 Å². The van der Waals surface area contributed by atoms with Crippen molar-refractivity contribution in [3.8, 4) is 0 Å². The van der Waals surface area contributed by atoms with Gasteiger partial charge < -0.3 is 5.11 Å². The fraction of sp³-hybridized carbons (Fsp3) is 0.250. The number of halogens is 1. The predicted octanol–water partition coefficient (Wildman–Crippen LogP) is 0.864. The Morgan fingerprint density at radius 2 is 2.26 bits per heavy atom. The van der Waals surface area contributed by atoms with Crippen LogP contribution in [0.4, 0.5) is 0 Å². The molecule has 1 N–H and O–H groups in total. The number of carboxylic acid groups (broad SMARTS) is 1. The van der Waals surface area contributed by atoms with Crippen LogP contribution in [0.3, 0.4) is 0 Å². The quantitative estimate of drug-likeness (QED) is 0.900. The van der Waals surface area contributed by atoms with E-state index in [0.717, 1.165) is 0 Å². The smallest absolute Gasteiger partial charge is 0.317 e. The van der Waals surface area contributed by atoms with Crippen molar-refractivity contribution in [2.24, 2.45) is 0 Å². The van der Waals surface area contributed by atoms with Crippen molar-refractivity contribution in [1.29, 1.82) is 0 Å². The highest BCUT2D eigenvalue weighted by atomic mass is 35.5. The van der Waals surface area contributed by atoms with Crippen LogP contribution in [0.2, 0.25) is 5.02 Å². The first-order chi connectivity index (χ1) is 8.95. The topological polar surface area (TPSA) is 74.9 Å². The highest BCUT2D eigenvalue weighted by molar-refractivity contribution is 6.30. The number of pyridine rings is 1. The number of carboxylic acids is 1. The average molecular weight is 282 g/mol. The summed E-state index contributed by atoms with van der Waals surface area (Å²) in [6.45, 7) is 0.183.